The Hall–Kier alpha value is -2.67. The summed E-state index contributed by atoms with van der Waals surface area (Å²) in [6, 6.07) is 13.5. The van der Waals surface area contributed by atoms with Crippen molar-refractivity contribution < 1.29 is 14.3 Å². The van der Waals surface area contributed by atoms with Gasteiger partial charge in [0, 0.05) is 18.0 Å². The van der Waals surface area contributed by atoms with Crippen LogP contribution in [0.4, 0.5) is 10.7 Å². The normalized spacial score (nSPS) is 11.0. The van der Waals surface area contributed by atoms with E-state index < -0.39 is 6.09 Å². The molecule has 6 nitrogen and oxygen atoms in total. The largest absolute Gasteiger partial charge is 0.495 e. The van der Waals surface area contributed by atoms with Gasteiger partial charge in [0.1, 0.15) is 12.4 Å². The summed E-state index contributed by atoms with van der Waals surface area (Å²) < 4.78 is 11.9. The fraction of sp³-hybridized carbons (Fsp3) is 0.375. The lowest BCUT2D eigenvalue weighted by Crippen LogP contribution is -2.34. The molecule has 1 amide bonds. The maximum Gasteiger partial charge on any atom is 0.417 e. The second-order valence-corrected chi connectivity index (χ2v) is 8.56. The van der Waals surface area contributed by atoms with Gasteiger partial charge in [0.25, 0.3) is 0 Å². The van der Waals surface area contributed by atoms with E-state index in [1.165, 1.54) is 4.90 Å². The van der Waals surface area contributed by atoms with E-state index in [2.05, 4.69) is 29.8 Å². The third-order valence-corrected chi connectivity index (χ3v) is 5.59. The Kier molecular flexibility index (Phi) is 7.85. The highest BCUT2D eigenvalue weighted by molar-refractivity contribution is 9.10. The molecule has 0 saturated heterocycles. The summed E-state index contributed by atoms with van der Waals surface area (Å²) in [6.07, 6.45) is 1.07. The van der Waals surface area contributed by atoms with Crippen LogP contribution in [0.1, 0.15) is 38.4 Å². The number of ether oxygens (including phenoxy) is 2. The fourth-order valence-corrected chi connectivity index (χ4v) is 3.69. The predicted octanol–water partition coefficient (Wildman–Crippen LogP) is 6.15. The summed E-state index contributed by atoms with van der Waals surface area (Å²) in [4.78, 5) is 24.0. The second-order valence-electron chi connectivity index (χ2n) is 7.70. The van der Waals surface area contributed by atoms with Crippen molar-refractivity contribution in [2.24, 2.45) is 5.92 Å². The molecule has 1 aromatic heterocycles. The number of nitrogens with zero attached hydrogens (tertiary/aromatic N) is 3. The minimum atomic E-state index is -0.449. The Balaban J connectivity index is 1.96. The Morgan fingerprint density at radius 1 is 1.16 bits per heavy atom. The van der Waals surface area contributed by atoms with E-state index in [0.717, 1.165) is 33.1 Å². The van der Waals surface area contributed by atoms with E-state index in [9.17, 15) is 4.79 Å². The smallest absolute Gasteiger partial charge is 0.417 e. The number of anilines is 1. The third kappa shape index (κ3) is 5.73. The first-order chi connectivity index (χ1) is 14.9. The summed E-state index contributed by atoms with van der Waals surface area (Å²) in [5, 5.41) is 0.931. The molecule has 1 heterocycles. The molecule has 3 aromatic rings. The average Bonchev–Trinajstić information content (AvgIpc) is 2.77. The van der Waals surface area contributed by atoms with Crippen molar-refractivity contribution >= 4 is 38.9 Å². The van der Waals surface area contributed by atoms with Gasteiger partial charge in [-0.05, 0) is 46.3 Å². The summed E-state index contributed by atoms with van der Waals surface area (Å²) in [5.74, 6) is 1.46. The second kappa shape index (κ2) is 10.6. The molecule has 7 heteroatoms. The molecule has 0 aliphatic carbocycles. The molecule has 0 N–H and O–H groups in total. The lowest BCUT2D eigenvalue weighted by atomic mass is 10.1. The van der Waals surface area contributed by atoms with Gasteiger partial charge in [-0.15, -0.1) is 0 Å². The molecule has 0 spiro atoms. The first-order valence-corrected chi connectivity index (χ1v) is 11.2. The van der Waals surface area contributed by atoms with E-state index in [1.54, 1.807) is 7.11 Å². The topological polar surface area (TPSA) is 64.6 Å². The zero-order chi connectivity index (χ0) is 22.4. The number of rotatable bonds is 8. The highest BCUT2D eigenvalue weighted by Crippen LogP contribution is 2.32. The van der Waals surface area contributed by atoms with Gasteiger partial charge in [0.05, 0.1) is 22.8 Å². The van der Waals surface area contributed by atoms with E-state index >= 15 is 0 Å². The number of amides is 1. The molecule has 0 unspecified atom stereocenters. The maximum absolute atomic E-state index is 13.0. The Morgan fingerprint density at radius 2 is 1.90 bits per heavy atom. The minimum absolute atomic E-state index is 0.201. The molecule has 31 heavy (non-hydrogen) atoms. The molecule has 0 fully saturated rings. The number of carbonyl (C=O) groups is 1. The molecule has 0 saturated carbocycles. The lowest BCUT2D eigenvalue weighted by Gasteiger charge is -2.22. The molecule has 0 atom stereocenters. The van der Waals surface area contributed by atoms with Crippen molar-refractivity contribution in [2.45, 2.75) is 40.2 Å². The van der Waals surface area contributed by atoms with Gasteiger partial charge in [-0.25, -0.2) is 19.7 Å². The molecule has 3 rings (SSSR count). The number of halogens is 1. The molecular formula is C24H28BrN3O3. The number of benzene rings is 2. The number of methoxy groups -OCH3 is 1. The molecule has 0 radical (unpaired) electrons. The number of fused-ring (bicyclic) bond motifs is 1. The molecule has 164 valence electrons. The van der Waals surface area contributed by atoms with Gasteiger partial charge in [-0.1, -0.05) is 51.1 Å². The Labute approximate surface area is 191 Å². The lowest BCUT2D eigenvalue weighted by molar-refractivity contribution is 0.146. The summed E-state index contributed by atoms with van der Waals surface area (Å²) >= 11 is 3.53. The summed E-state index contributed by atoms with van der Waals surface area (Å²) in [5.41, 5.74) is 2.53. The van der Waals surface area contributed by atoms with Crippen molar-refractivity contribution in [3.8, 4) is 5.75 Å². The standard InChI is InChI=1S/C24H28BrN3O3/c1-5-20-18-13-19(25)22(30-4)14-21(18)27-23(26-20)28(12-11-16(2)3)24(29)31-15-17-9-7-6-8-10-17/h6-10,13-14,16H,5,11-12,15H2,1-4H3. The van der Waals surface area contributed by atoms with E-state index in [4.69, 9.17) is 19.4 Å². The first kappa shape index (κ1) is 23.0. The van der Waals surface area contributed by atoms with Gasteiger partial charge in [0.2, 0.25) is 5.95 Å². The highest BCUT2D eigenvalue weighted by atomic mass is 79.9. The van der Waals surface area contributed by atoms with Crippen LogP contribution in [0.15, 0.2) is 46.9 Å². The van der Waals surface area contributed by atoms with Crippen LogP contribution in [0.3, 0.4) is 0 Å². The molecule has 0 bridgehead atoms. The minimum Gasteiger partial charge on any atom is -0.495 e. The van der Waals surface area contributed by atoms with Gasteiger partial charge in [-0.3, -0.25) is 0 Å². The van der Waals surface area contributed by atoms with Gasteiger partial charge < -0.3 is 9.47 Å². The molecule has 2 aromatic carbocycles. The van der Waals surface area contributed by atoms with E-state index in [-0.39, 0.29) is 6.61 Å². The quantitative estimate of drug-likeness (QED) is 0.382. The first-order valence-electron chi connectivity index (χ1n) is 10.4. The van der Waals surface area contributed by atoms with E-state index in [1.807, 2.05) is 49.4 Å². The van der Waals surface area contributed by atoms with Crippen molar-refractivity contribution in [1.29, 1.82) is 0 Å². The third-order valence-electron chi connectivity index (χ3n) is 4.97. The zero-order valence-electron chi connectivity index (χ0n) is 18.4. The number of carbonyl (C=O) groups excluding carboxylic acids is 1. The van der Waals surface area contributed by atoms with Crippen molar-refractivity contribution in [2.75, 3.05) is 18.6 Å². The van der Waals surface area contributed by atoms with Crippen molar-refractivity contribution in [3.63, 3.8) is 0 Å². The molecule has 0 aliphatic rings. The molecule has 0 aliphatic heterocycles. The number of hydrogen-bond donors (Lipinski definition) is 0. The average molecular weight is 486 g/mol. The van der Waals surface area contributed by atoms with E-state index in [0.29, 0.717) is 30.6 Å². The summed E-state index contributed by atoms with van der Waals surface area (Å²) in [7, 11) is 1.62. The Bertz CT molecular complexity index is 1040. The number of aromatic nitrogens is 2. The van der Waals surface area contributed by atoms with Crippen LogP contribution in [0.2, 0.25) is 0 Å². The van der Waals surface area contributed by atoms with Gasteiger partial charge in [0.15, 0.2) is 0 Å². The van der Waals surface area contributed by atoms with Crippen molar-refractivity contribution in [1.82, 2.24) is 9.97 Å². The van der Waals surface area contributed by atoms with Crippen LogP contribution in [0.25, 0.3) is 10.9 Å². The predicted molar refractivity (Wildman–Crippen MR) is 127 cm³/mol. The maximum atomic E-state index is 13.0. The monoisotopic (exact) mass is 485 g/mol. The zero-order valence-corrected chi connectivity index (χ0v) is 20.0. The fourth-order valence-electron chi connectivity index (χ4n) is 3.18. The van der Waals surface area contributed by atoms with Crippen LogP contribution < -0.4 is 9.64 Å². The van der Waals surface area contributed by atoms with Crippen LogP contribution in [0.5, 0.6) is 5.75 Å². The number of hydrogen-bond acceptors (Lipinski definition) is 5. The summed E-state index contributed by atoms with van der Waals surface area (Å²) in [6.45, 7) is 6.96. The Morgan fingerprint density at radius 3 is 2.55 bits per heavy atom. The van der Waals surface area contributed by atoms with Crippen LogP contribution in [-0.4, -0.2) is 29.7 Å². The van der Waals surface area contributed by atoms with Gasteiger partial charge >= 0.3 is 6.09 Å². The SMILES string of the molecule is CCc1nc(N(CCC(C)C)C(=O)OCc2ccccc2)nc2cc(OC)c(Br)cc12. The van der Waals surface area contributed by atoms with Crippen LogP contribution >= 0.6 is 15.9 Å². The van der Waals surface area contributed by atoms with Gasteiger partial charge in [-0.2, -0.15) is 0 Å². The molecular weight excluding hydrogens is 458 g/mol. The number of aryl methyl sites for hydroxylation is 1. The highest BCUT2D eigenvalue weighted by Gasteiger charge is 2.22. The van der Waals surface area contributed by atoms with Crippen LogP contribution in [0, 0.1) is 5.92 Å². The van der Waals surface area contributed by atoms with Crippen LogP contribution in [-0.2, 0) is 17.8 Å². The van der Waals surface area contributed by atoms with Crippen molar-refractivity contribution in [3.05, 3.63) is 58.2 Å².